The van der Waals surface area contributed by atoms with Gasteiger partial charge in [0, 0.05) is 6.42 Å². The summed E-state index contributed by atoms with van der Waals surface area (Å²) in [6.45, 7) is 2.50. The SMILES string of the molecule is COC(=O)C(C)(C)NP(=O)(OC[C@H]1O[C@@H](n2cnc3c(N)ncnc32)C[C@@H]1F)Oc1ccccc1. The van der Waals surface area contributed by atoms with Gasteiger partial charge in [-0.15, -0.1) is 0 Å². The first-order valence-electron chi connectivity index (χ1n) is 10.7. The Morgan fingerprint density at radius 2 is 2.06 bits per heavy atom. The number of aromatic nitrogens is 4. The van der Waals surface area contributed by atoms with Gasteiger partial charge in [0.1, 0.15) is 41.6 Å². The number of para-hydroxylation sites is 1. The number of nitrogens with zero attached hydrogens (tertiary/aromatic N) is 4. The van der Waals surface area contributed by atoms with E-state index >= 15 is 0 Å². The molecule has 3 N–H and O–H groups in total. The maximum Gasteiger partial charge on any atom is 0.459 e. The Bertz CT molecular complexity index is 1240. The van der Waals surface area contributed by atoms with E-state index in [1.807, 2.05) is 0 Å². The molecule has 1 saturated heterocycles. The van der Waals surface area contributed by atoms with Crippen molar-refractivity contribution in [1.29, 1.82) is 0 Å². The number of nitrogens with two attached hydrogens (primary N) is 1. The van der Waals surface area contributed by atoms with Crippen molar-refractivity contribution in [2.24, 2.45) is 0 Å². The minimum atomic E-state index is -4.19. The van der Waals surface area contributed by atoms with E-state index in [4.69, 9.17) is 24.3 Å². The Hall–Kier alpha value is -3.12. The zero-order valence-corrected chi connectivity index (χ0v) is 20.2. The molecule has 3 heterocycles. The zero-order chi connectivity index (χ0) is 25.2. The molecule has 0 aliphatic carbocycles. The van der Waals surface area contributed by atoms with Gasteiger partial charge in [-0.2, -0.15) is 5.09 Å². The number of rotatable bonds is 9. The molecular weight excluding hydrogens is 482 g/mol. The largest absolute Gasteiger partial charge is 0.468 e. The van der Waals surface area contributed by atoms with Crippen molar-refractivity contribution in [3.05, 3.63) is 43.0 Å². The highest BCUT2D eigenvalue weighted by Gasteiger charge is 2.43. The standard InChI is InChI=1S/C21H26FN6O6P/c1-21(2,20(29)31-3)27-35(30,34-13-7-5-4-6-8-13)32-10-15-14(22)9-16(33-15)28-12-26-17-18(23)24-11-25-19(17)28/h4-8,11-12,14-16H,9-10H2,1-3H3,(H,27,30)(H2,23,24,25)/t14-,15+,16+,35?/m0/s1. The Kier molecular flexibility index (Phi) is 7.04. The third kappa shape index (κ3) is 5.43. The molecule has 4 rings (SSSR count). The number of carbonyl (C=O) groups is 1. The fraction of sp³-hybridized carbons (Fsp3) is 0.429. The summed E-state index contributed by atoms with van der Waals surface area (Å²) in [5.41, 5.74) is 5.16. The summed E-state index contributed by atoms with van der Waals surface area (Å²) >= 11 is 0. The lowest BCUT2D eigenvalue weighted by molar-refractivity contribution is -0.146. The summed E-state index contributed by atoms with van der Waals surface area (Å²) in [4.78, 5) is 24.4. The second-order valence-corrected chi connectivity index (χ2v) is 10.0. The van der Waals surface area contributed by atoms with E-state index in [0.717, 1.165) is 0 Å². The summed E-state index contributed by atoms with van der Waals surface area (Å²) in [5, 5.41) is 2.59. The number of esters is 1. The Labute approximate surface area is 200 Å². The smallest absolute Gasteiger partial charge is 0.459 e. The van der Waals surface area contributed by atoms with Crippen LogP contribution in [0.3, 0.4) is 0 Å². The first-order chi connectivity index (χ1) is 16.6. The number of halogens is 1. The van der Waals surface area contributed by atoms with Crippen molar-refractivity contribution in [3.63, 3.8) is 0 Å². The molecule has 0 amide bonds. The van der Waals surface area contributed by atoms with E-state index in [1.165, 1.54) is 33.6 Å². The number of hydrogen-bond donors (Lipinski definition) is 2. The van der Waals surface area contributed by atoms with Crippen LogP contribution in [0.15, 0.2) is 43.0 Å². The fourth-order valence-electron chi connectivity index (χ4n) is 3.61. The summed E-state index contributed by atoms with van der Waals surface area (Å²) in [5.74, 6) is -0.262. The zero-order valence-electron chi connectivity index (χ0n) is 19.3. The first kappa shape index (κ1) is 25.0. The Balaban J connectivity index is 1.50. The van der Waals surface area contributed by atoms with E-state index in [-0.39, 0.29) is 18.0 Å². The number of hydrogen-bond acceptors (Lipinski definition) is 10. The highest BCUT2D eigenvalue weighted by atomic mass is 31.2. The van der Waals surface area contributed by atoms with Crippen LogP contribution in [0.1, 0.15) is 26.5 Å². The maximum absolute atomic E-state index is 14.9. The predicted molar refractivity (Wildman–Crippen MR) is 123 cm³/mol. The lowest BCUT2D eigenvalue weighted by Gasteiger charge is -2.29. The minimum absolute atomic E-state index is 0.0195. The number of benzene rings is 1. The molecule has 4 atom stereocenters. The topological polar surface area (TPSA) is 153 Å². The van der Waals surface area contributed by atoms with Crippen molar-refractivity contribution in [2.75, 3.05) is 19.5 Å². The molecule has 0 bridgehead atoms. The van der Waals surface area contributed by atoms with Crippen LogP contribution in [-0.2, 0) is 23.4 Å². The van der Waals surface area contributed by atoms with E-state index in [9.17, 15) is 13.8 Å². The number of methoxy groups -OCH3 is 1. The van der Waals surface area contributed by atoms with Crippen molar-refractivity contribution in [3.8, 4) is 5.75 Å². The van der Waals surface area contributed by atoms with Gasteiger partial charge >= 0.3 is 13.7 Å². The fourth-order valence-corrected chi connectivity index (χ4v) is 5.29. The number of alkyl halides is 1. The summed E-state index contributed by atoms with van der Waals surface area (Å²) < 4.78 is 51.8. The third-order valence-electron chi connectivity index (χ3n) is 5.35. The quantitative estimate of drug-likeness (QED) is 0.324. The van der Waals surface area contributed by atoms with E-state index < -0.39 is 44.4 Å². The number of nitrogen functional groups attached to an aromatic ring is 1. The molecule has 1 fully saturated rings. The van der Waals surface area contributed by atoms with Crippen LogP contribution in [0.4, 0.5) is 10.2 Å². The van der Waals surface area contributed by atoms with Gasteiger partial charge in [-0.3, -0.25) is 13.9 Å². The molecule has 12 nitrogen and oxygen atoms in total. The van der Waals surface area contributed by atoms with Gasteiger partial charge in [-0.1, -0.05) is 18.2 Å². The summed E-state index contributed by atoms with van der Waals surface area (Å²) in [6, 6.07) is 8.25. The molecule has 14 heteroatoms. The minimum Gasteiger partial charge on any atom is -0.468 e. The molecule has 188 valence electrons. The highest BCUT2D eigenvalue weighted by molar-refractivity contribution is 7.52. The maximum atomic E-state index is 14.9. The van der Waals surface area contributed by atoms with Crippen LogP contribution in [-0.4, -0.2) is 57.0 Å². The van der Waals surface area contributed by atoms with Crippen molar-refractivity contribution in [2.45, 2.75) is 44.3 Å². The lowest BCUT2D eigenvalue weighted by atomic mass is 10.1. The molecule has 1 aliphatic rings. The average molecular weight is 508 g/mol. The van der Waals surface area contributed by atoms with Crippen LogP contribution in [0, 0.1) is 0 Å². The first-order valence-corrected chi connectivity index (χ1v) is 12.3. The second-order valence-electron chi connectivity index (χ2n) is 8.39. The van der Waals surface area contributed by atoms with Gasteiger partial charge in [0.15, 0.2) is 11.5 Å². The van der Waals surface area contributed by atoms with Gasteiger partial charge in [0.25, 0.3) is 0 Å². The number of ether oxygens (including phenoxy) is 2. The van der Waals surface area contributed by atoms with Crippen molar-refractivity contribution in [1.82, 2.24) is 24.6 Å². The van der Waals surface area contributed by atoms with Crippen LogP contribution in [0.2, 0.25) is 0 Å². The lowest BCUT2D eigenvalue weighted by Crippen LogP contribution is -2.46. The van der Waals surface area contributed by atoms with Crippen molar-refractivity contribution < 1.29 is 32.3 Å². The molecule has 3 aromatic rings. The monoisotopic (exact) mass is 508 g/mol. The number of imidazole rings is 1. The third-order valence-corrected chi connectivity index (χ3v) is 7.12. The summed E-state index contributed by atoms with van der Waals surface area (Å²) in [6.07, 6.45) is -0.562. The molecule has 1 unspecified atom stereocenters. The molecule has 1 aromatic carbocycles. The van der Waals surface area contributed by atoms with Crippen molar-refractivity contribution >= 4 is 30.7 Å². The Morgan fingerprint density at radius 1 is 1.31 bits per heavy atom. The van der Waals surface area contributed by atoms with Crippen LogP contribution >= 0.6 is 7.75 Å². The molecule has 0 saturated carbocycles. The van der Waals surface area contributed by atoms with Gasteiger partial charge in [-0.05, 0) is 26.0 Å². The number of fused-ring (bicyclic) bond motifs is 1. The average Bonchev–Trinajstić information content (AvgIpc) is 3.41. The van der Waals surface area contributed by atoms with Crippen LogP contribution < -0.4 is 15.3 Å². The molecule has 0 spiro atoms. The molecule has 35 heavy (non-hydrogen) atoms. The molecule has 2 aromatic heterocycles. The van der Waals surface area contributed by atoms with Gasteiger partial charge in [0.2, 0.25) is 0 Å². The normalized spacial score (nSPS) is 22.1. The number of anilines is 1. The Morgan fingerprint density at radius 3 is 2.77 bits per heavy atom. The second kappa shape index (κ2) is 9.86. The van der Waals surface area contributed by atoms with Gasteiger partial charge < -0.3 is 19.7 Å². The van der Waals surface area contributed by atoms with Crippen LogP contribution in [0.25, 0.3) is 11.2 Å². The molecular formula is C21H26FN6O6P. The van der Waals surface area contributed by atoms with E-state index in [2.05, 4.69) is 20.0 Å². The molecule has 0 radical (unpaired) electrons. The van der Waals surface area contributed by atoms with Gasteiger partial charge in [0.05, 0.1) is 20.0 Å². The molecule has 1 aliphatic heterocycles. The van der Waals surface area contributed by atoms with E-state index in [1.54, 1.807) is 34.9 Å². The summed E-state index contributed by atoms with van der Waals surface area (Å²) in [7, 11) is -2.99. The van der Waals surface area contributed by atoms with E-state index in [0.29, 0.717) is 11.2 Å². The predicted octanol–water partition coefficient (Wildman–Crippen LogP) is 2.78. The number of carbonyl (C=O) groups excluding carboxylic acids is 1. The van der Waals surface area contributed by atoms with Gasteiger partial charge in [-0.25, -0.2) is 23.9 Å². The highest BCUT2D eigenvalue weighted by Crippen LogP contribution is 2.47. The van der Waals surface area contributed by atoms with Crippen LogP contribution in [0.5, 0.6) is 5.75 Å². The number of nitrogens with one attached hydrogen (secondary N) is 1.